The van der Waals surface area contributed by atoms with Crippen molar-refractivity contribution < 1.29 is 14.4 Å². The summed E-state index contributed by atoms with van der Waals surface area (Å²) in [6.45, 7) is 5.24. The maximum Gasteiger partial charge on any atom is 0.258 e. The van der Waals surface area contributed by atoms with E-state index >= 15 is 0 Å². The van der Waals surface area contributed by atoms with Gasteiger partial charge in [-0.3, -0.25) is 14.4 Å². The zero-order valence-corrected chi connectivity index (χ0v) is 20.2. The molecule has 3 aromatic carbocycles. The number of carbonyl (C=O) groups excluding carboxylic acids is 3. The Hall–Kier alpha value is -4.13. The number of para-hydroxylation sites is 1. The third kappa shape index (κ3) is 7.43. The standard InChI is InChI=1S/C28H32N4O3/c1-3-5-18-29-27(34)22-10-9-11-24(19-22)30-20-26(33)31-23-16-14-21(15-17-23)28(35)32(4-2)25-12-7-6-8-13-25/h6-17,19,30H,3-5,18,20H2,1-2H3,(H,29,34)(H,31,33). The first-order valence-corrected chi connectivity index (χ1v) is 11.9. The molecule has 0 aliphatic carbocycles. The van der Waals surface area contributed by atoms with Gasteiger partial charge in [-0.15, -0.1) is 0 Å². The largest absolute Gasteiger partial charge is 0.376 e. The molecule has 0 spiro atoms. The minimum atomic E-state index is -0.235. The zero-order valence-electron chi connectivity index (χ0n) is 20.2. The number of anilines is 3. The first-order valence-electron chi connectivity index (χ1n) is 11.9. The molecule has 3 aromatic rings. The third-order valence-electron chi connectivity index (χ3n) is 5.44. The average Bonchev–Trinajstić information content (AvgIpc) is 2.89. The fraction of sp³-hybridized carbons (Fsp3) is 0.250. The second-order valence-corrected chi connectivity index (χ2v) is 8.05. The summed E-state index contributed by atoms with van der Waals surface area (Å²) in [5.41, 5.74) is 3.21. The number of hydrogen-bond acceptors (Lipinski definition) is 4. The van der Waals surface area contributed by atoms with Crippen molar-refractivity contribution in [3.8, 4) is 0 Å². The molecule has 7 heteroatoms. The molecule has 0 aliphatic rings. The number of nitrogens with zero attached hydrogens (tertiary/aromatic N) is 1. The van der Waals surface area contributed by atoms with E-state index in [0.29, 0.717) is 35.6 Å². The summed E-state index contributed by atoms with van der Waals surface area (Å²) in [6, 6.07) is 23.4. The van der Waals surface area contributed by atoms with Crippen LogP contribution >= 0.6 is 0 Å². The predicted octanol–water partition coefficient (Wildman–Crippen LogP) is 4.93. The smallest absolute Gasteiger partial charge is 0.258 e. The molecule has 182 valence electrons. The summed E-state index contributed by atoms with van der Waals surface area (Å²) < 4.78 is 0. The van der Waals surface area contributed by atoms with Crippen molar-refractivity contribution in [2.24, 2.45) is 0 Å². The first kappa shape index (κ1) is 25.5. The second kappa shape index (κ2) is 12.9. The SMILES string of the molecule is CCCCNC(=O)c1cccc(NCC(=O)Nc2ccc(C(=O)N(CC)c3ccccc3)cc2)c1. The lowest BCUT2D eigenvalue weighted by Gasteiger charge is -2.21. The van der Waals surface area contributed by atoms with Gasteiger partial charge in [0, 0.05) is 41.3 Å². The van der Waals surface area contributed by atoms with E-state index in [0.717, 1.165) is 18.5 Å². The van der Waals surface area contributed by atoms with Crippen molar-refractivity contribution >= 4 is 34.8 Å². The number of carbonyl (C=O) groups is 3. The van der Waals surface area contributed by atoms with E-state index < -0.39 is 0 Å². The molecule has 0 saturated carbocycles. The van der Waals surface area contributed by atoms with Crippen LogP contribution < -0.4 is 20.9 Å². The molecule has 0 unspecified atom stereocenters. The zero-order chi connectivity index (χ0) is 25.0. The number of hydrogen-bond donors (Lipinski definition) is 3. The van der Waals surface area contributed by atoms with E-state index in [-0.39, 0.29) is 24.3 Å². The molecule has 35 heavy (non-hydrogen) atoms. The van der Waals surface area contributed by atoms with Crippen molar-refractivity contribution in [2.75, 3.05) is 35.2 Å². The van der Waals surface area contributed by atoms with Crippen molar-refractivity contribution in [3.63, 3.8) is 0 Å². The van der Waals surface area contributed by atoms with Crippen molar-refractivity contribution in [1.29, 1.82) is 0 Å². The van der Waals surface area contributed by atoms with Crippen LogP contribution in [0.1, 0.15) is 47.4 Å². The molecule has 3 amide bonds. The van der Waals surface area contributed by atoms with Gasteiger partial charge in [0.25, 0.3) is 11.8 Å². The number of benzene rings is 3. The van der Waals surface area contributed by atoms with Crippen LogP contribution in [0.5, 0.6) is 0 Å². The molecule has 0 saturated heterocycles. The number of rotatable bonds is 11. The van der Waals surface area contributed by atoms with Gasteiger partial charge in [0.05, 0.1) is 6.54 Å². The lowest BCUT2D eigenvalue weighted by atomic mass is 10.1. The summed E-state index contributed by atoms with van der Waals surface area (Å²) in [7, 11) is 0. The minimum Gasteiger partial charge on any atom is -0.376 e. The van der Waals surface area contributed by atoms with E-state index in [1.807, 2.05) is 43.3 Å². The second-order valence-electron chi connectivity index (χ2n) is 8.05. The molecule has 0 aliphatic heterocycles. The Morgan fingerprint density at radius 2 is 1.54 bits per heavy atom. The molecule has 7 nitrogen and oxygen atoms in total. The van der Waals surface area contributed by atoms with Gasteiger partial charge < -0.3 is 20.9 Å². The van der Waals surface area contributed by atoms with Gasteiger partial charge in [-0.2, -0.15) is 0 Å². The average molecular weight is 473 g/mol. The molecule has 0 bridgehead atoms. The Morgan fingerprint density at radius 3 is 2.23 bits per heavy atom. The van der Waals surface area contributed by atoms with Crippen LogP contribution in [0, 0.1) is 0 Å². The molecule has 0 radical (unpaired) electrons. The summed E-state index contributed by atoms with van der Waals surface area (Å²) in [5.74, 6) is -0.465. The number of nitrogens with one attached hydrogen (secondary N) is 3. The first-order chi connectivity index (χ1) is 17.0. The van der Waals surface area contributed by atoms with E-state index in [4.69, 9.17) is 0 Å². The number of amides is 3. The highest BCUT2D eigenvalue weighted by Crippen LogP contribution is 2.18. The molecule has 0 aromatic heterocycles. The van der Waals surface area contributed by atoms with Gasteiger partial charge in [0.15, 0.2) is 0 Å². The Labute approximate surface area is 206 Å². The van der Waals surface area contributed by atoms with Crippen molar-refractivity contribution in [2.45, 2.75) is 26.7 Å². The molecular weight excluding hydrogens is 440 g/mol. The van der Waals surface area contributed by atoms with Crippen LogP contribution in [0.15, 0.2) is 78.9 Å². The Balaban J connectivity index is 1.53. The summed E-state index contributed by atoms with van der Waals surface area (Å²) in [5, 5.41) is 8.75. The van der Waals surface area contributed by atoms with E-state index in [2.05, 4.69) is 22.9 Å². The van der Waals surface area contributed by atoms with E-state index in [1.165, 1.54) is 0 Å². The summed E-state index contributed by atoms with van der Waals surface area (Å²) >= 11 is 0. The van der Waals surface area contributed by atoms with Crippen LogP contribution in [0.2, 0.25) is 0 Å². The number of unbranched alkanes of at least 4 members (excludes halogenated alkanes) is 1. The van der Waals surface area contributed by atoms with Gasteiger partial charge in [-0.05, 0) is 67.9 Å². The highest BCUT2D eigenvalue weighted by molar-refractivity contribution is 6.06. The molecule has 0 heterocycles. The fourth-order valence-electron chi connectivity index (χ4n) is 3.54. The van der Waals surface area contributed by atoms with Crippen LogP contribution in [-0.4, -0.2) is 37.4 Å². The van der Waals surface area contributed by atoms with Gasteiger partial charge in [0.1, 0.15) is 0 Å². The molecular formula is C28H32N4O3. The topological polar surface area (TPSA) is 90.5 Å². The fourth-order valence-corrected chi connectivity index (χ4v) is 3.54. The monoisotopic (exact) mass is 472 g/mol. The molecule has 0 fully saturated rings. The Bertz CT molecular complexity index is 1130. The lowest BCUT2D eigenvalue weighted by molar-refractivity contribution is -0.114. The molecule has 3 N–H and O–H groups in total. The Kier molecular flexibility index (Phi) is 9.42. The molecule has 0 atom stereocenters. The quantitative estimate of drug-likeness (QED) is 0.345. The Morgan fingerprint density at radius 1 is 0.800 bits per heavy atom. The van der Waals surface area contributed by atoms with E-state index in [1.54, 1.807) is 47.4 Å². The predicted molar refractivity (Wildman–Crippen MR) is 141 cm³/mol. The van der Waals surface area contributed by atoms with Gasteiger partial charge in [-0.1, -0.05) is 37.6 Å². The van der Waals surface area contributed by atoms with Crippen LogP contribution in [0.4, 0.5) is 17.1 Å². The highest BCUT2D eigenvalue weighted by Gasteiger charge is 2.16. The van der Waals surface area contributed by atoms with Crippen molar-refractivity contribution in [1.82, 2.24) is 5.32 Å². The third-order valence-corrected chi connectivity index (χ3v) is 5.44. The van der Waals surface area contributed by atoms with Gasteiger partial charge in [-0.25, -0.2) is 0 Å². The molecule has 3 rings (SSSR count). The van der Waals surface area contributed by atoms with Crippen LogP contribution in [0.3, 0.4) is 0 Å². The summed E-state index contributed by atoms with van der Waals surface area (Å²) in [6.07, 6.45) is 1.95. The van der Waals surface area contributed by atoms with E-state index in [9.17, 15) is 14.4 Å². The van der Waals surface area contributed by atoms with Gasteiger partial charge in [0.2, 0.25) is 5.91 Å². The highest BCUT2D eigenvalue weighted by atomic mass is 16.2. The maximum atomic E-state index is 12.9. The lowest BCUT2D eigenvalue weighted by Crippen LogP contribution is -2.30. The maximum absolute atomic E-state index is 12.9. The normalized spacial score (nSPS) is 10.3. The van der Waals surface area contributed by atoms with Gasteiger partial charge >= 0.3 is 0 Å². The van der Waals surface area contributed by atoms with Crippen molar-refractivity contribution in [3.05, 3.63) is 90.0 Å². The van der Waals surface area contributed by atoms with Crippen LogP contribution in [-0.2, 0) is 4.79 Å². The van der Waals surface area contributed by atoms with Crippen LogP contribution in [0.25, 0.3) is 0 Å². The minimum absolute atomic E-state index is 0.0409. The summed E-state index contributed by atoms with van der Waals surface area (Å²) in [4.78, 5) is 39.3.